The van der Waals surface area contributed by atoms with Gasteiger partial charge in [-0.3, -0.25) is 9.89 Å². The number of carbonyl (C=O) groups excluding carboxylic acids is 1. The minimum Gasteiger partial charge on any atom is -0.378 e. The van der Waals surface area contributed by atoms with Crippen molar-refractivity contribution in [1.82, 2.24) is 25.1 Å². The van der Waals surface area contributed by atoms with Crippen molar-refractivity contribution < 1.29 is 9.53 Å². The van der Waals surface area contributed by atoms with Gasteiger partial charge in [-0.25, -0.2) is 4.98 Å². The number of imidazole rings is 1. The van der Waals surface area contributed by atoms with E-state index in [0.717, 1.165) is 79.9 Å². The molecule has 0 bridgehead atoms. The lowest BCUT2D eigenvalue weighted by Crippen LogP contribution is -2.42. The number of amides is 1. The van der Waals surface area contributed by atoms with Crippen LogP contribution in [0.2, 0.25) is 0 Å². The molecule has 0 saturated carbocycles. The standard InChI is InChI=1S/C25H29N7O2/c26-14-16-2-1-7-32(15-16)25(33)17-3-5-20-19(12-17)23(30-29-20)24-27-21-6-4-18(13-22(21)28-24)31-8-10-34-11-9-31/h3-6,12-13,16H,1-2,7-11,14-15,26H2,(H,27,28)(H,29,30). The average Bonchev–Trinajstić information content (AvgIpc) is 3.51. The maximum atomic E-state index is 13.2. The van der Waals surface area contributed by atoms with E-state index in [9.17, 15) is 4.79 Å². The minimum atomic E-state index is 0.0481. The Kier molecular flexibility index (Phi) is 5.43. The summed E-state index contributed by atoms with van der Waals surface area (Å²) in [7, 11) is 0. The van der Waals surface area contributed by atoms with Crippen LogP contribution in [0.4, 0.5) is 5.69 Å². The molecule has 4 heterocycles. The third kappa shape index (κ3) is 3.80. The van der Waals surface area contributed by atoms with Gasteiger partial charge in [0.05, 0.1) is 29.8 Å². The van der Waals surface area contributed by atoms with Crippen LogP contribution in [0.5, 0.6) is 0 Å². The average molecular weight is 460 g/mol. The Balaban J connectivity index is 1.32. The zero-order valence-electron chi connectivity index (χ0n) is 19.1. The monoisotopic (exact) mass is 459 g/mol. The largest absolute Gasteiger partial charge is 0.378 e. The number of aromatic amines is 2. The number of H-pyrrole nitrogens is 2. The molecule has 0 radical (unpaired) electrons. The summed E-state index contributed by atoms with van der Waals surface area (Å²) in [4.78, 5) is 25.7. The maximum absolute atomic E-state index is 13.2. The lowest BCUT2D eigenvalue weighted by molar-refractivity contribution is 0.0678. The SMILES string of the molecule is NCC1CCCN(C(=O)c2ccc3[nH]nc(-c4nc5ccc(N6CCOCC6)cc5[nH]4)c3c2)C1. The molecule has 4 N–H and O–H groups in total. The molecule has 9 nitrogen and oxygen atoms in total. The summed E-state index contributed by atoms with van der Waals surface area (Å²) in [5.41, 5.74) is 11.1. The number of aromatic nitrogens is 4. The number of rotatable bonds is 4. The Hall–Kier alpha value is -3.43. The van der Waals surface area contributed by atoms with Crippen molar-refractivity contribution in [3.05, 3.63) is 42.0 Å². The summed E-state index contributed by atoms with van der Waals surface area (Å²) < 4.78 is 5.47. The van der Waals surface area contributed by atoms with Gasteiger partial charge in [-0.05, 0) is 61.7 Å². The third-order valence-corrected chi connectivity index (χ3v) is 7.02. The highest BCUT2D eigenvalue weighted by molar-refractivity contribution is 6.01. The van der Waals surface area contributed by atoms with Gasteiger partial charge in [0, 0.05) is 42.8 Å². The maximum Gasteiger partial charge on any atom is 0.253 e. The van der Waals surface area contributed by atoms with E-state index in [1.807, 2.05) is 29.2 Å². The zero-order chi connectivity index (χ0) is 23.1. The first kappa shape index (κ1) is 21.1. The number of fused-ring (bicyclic) bond motifs is 2. The number of morpholine rings is 1. The molecule has 2 fully saturated rings. The Morgan fingerprint density at radius 1 is 1.12 bits per heavy atom. The Morgan fingerprint density at radius 3 is 2.85 bits per heavy atom. The normalized spacial score (nSPS) is 19.3. The summed E-state index contributed by atoms with van der Waals surface area (Å²) in [5.74, 6) is 1.11. The van der Waals surface area contributed by atoms with Gasteiger partial charge >= 0.3 is 0 Å². The number of anilines is 1. The molecule has 34 heavy (non-hydrogen) atoms. The van der Waals surface area contributed by atoms with Gasteiger partial charge in [-0.1, -0.05) is 0 Å². The number of nitrogens with zero attached hydrogens (tertiary/aromatic N) is 4. The number of hydrogen-bond acceptors (Lipinski definition) is 6. The first-order valence-electron chi connectivity index (χ1n) is 12.0. The van der Waals surface area contributed by atoms with Gasteiger partial charge in [-0.15, -0.1) is 0 Å². The van der Waals surface area contributed by atoms with Crippen molar-refractivity contribution in [2.24, 2.45) is 11.7 Å². The Labute approximate surface area is 197 Å². The lowest BCUT2D eigenvalue weighted by Gasteiger charge is -2.32. The molecule has 2 saturated heterocycles. The van der Waals surface area contributed by atoms with Crippen LogP contribution in [0.3, 0.4) is 0 Å². The van der Waals surface area contributed by atoms with E-state index >= 15 is 0 Å². The molecule has 4 aromatic rings. The molecule has 1 unspecified atom stereocenters. The minimum absolute atomic E-state index is 0.0481. The molecular formula is C25H29N7O2. The summed E-state index contributed by atoms with van der Waals surface area (Å²) in [6.45, 7) is 5.38. The van der Waals surface area contributed by atoms with E-state index in [1.54, 1.807) is 0 Å². The highest BCUT2D eigenvalue weighted by atomic mass is 16.5. The van der Waals surface area contributed by atoms with Crippen molar-refractivity contribution in [2.45, 2.75) is 12.8 Å². The van der Waals surface area contributed by atoms with E-state index in [0.29, 0.717) is 29.5 Å². The quantitative estimate of drug-likeness (QED) is 0.432. The number of carbonyl (C=O) groups is 1. The fraction of sp³-hybridized carbons (Fsp3) is 0.400. The van der Waals surface area contributed by atoms with Gasteiger partial charge in [0.15, 0.2) is 5.82 Å². The van der Waals surface area contributed by atoms with E-state index in [-0.39, 0.29) is 5.91 Å². The van der Waals surface area contributed by atoms with Crippen LogP contribution in [0, 0.1) is 5.92 Å². The molecule has 2 aromatic heterocycles. The zero-order valence-corrected chi connectivity index (χ0v) is 19.1. The topological polar surface area (TPSA) is 116 Å². The van der Waals surface area contributed by atoms with Crippen LogP contribution in [0.1, 0.15) is 23.2 Å². The number of benzene rings is 2. The van der Waals surface area contributed by atoms with Crippen LogP contribution in [-0.2, 0) is 4.74 Å². The second-order valence-electron chi connectivity index (χ2n) is 9.21. The molecule has 0 spiro atoms. The molecule has 2 aliphatic rings. The number of ether oxygens (including phenoxy) is 1. The number of nitrogens with one attached hydrogen (secondary N) is 2. The van der Waals surface area contributed by atoms with E-state index in [2.05, 4.69) is 32.2 Å². The fourth-order valence-corrected chi connectivity index (χ4v) is 5.08. The highest BCUT2D eigenvalue weighted by Gasteiger charge is 2.24. The number of hydrogen-bond donors (Lipinski definition) is 3. The third-order valence-electron chi connectivity index (χ3n) is 7.02. The van der Waals surface area contributed by atoms with E-state index in [1.165, 1.54) is 0 Å². The smallest absolute Gasteiger partial charge is 0.253 e. The molecule has 6 rings (SSSR count). The molecule has 9 heteroatoms. The molecule has 1 atom stereocenters. The second-order valence-corrected chi connectivity index (χ2v) is 9.21. The van der Waals surface area contributed by atoms with E-state index in [4.69, 9.17) is 15.5 Å². The molecule has 2 aromatic carbocycles. The predicted molar refractivity (Wildman–Crippen MR) is 132 cm³/mol. The summed E-state index contributed by atoms with van der Waals surface area (Å²) in [5, 5.41) is 8.49. The molecule has 176 valence electrons. The molecule has 0 aliphatic carbocycles. The number of nitrogens with two attached hydrogens (primary N) is 1. The Bertz CT molecular complexity index is 1340. The van der Waals surface area contributed by atoms with Gasteiger partial charge < -0.3 is 25.3 Å². The predicted octanol–water partition coefficient (Wildman–Crippen LogP) is 2.75. The van der Waals surface area contributed by atoms with Crippen LogP contribution >= 0.6 is 0 Å². The number of likely N-dealkylation sites (tertiary alicyclic amines) is 1. The Morgan fingerprint density at radius 2 is 2.00 bits per heavy atom. The van der Waals surface area contributed by atoms with Gasteiger partial charge in [0.25, 0.3) is 5.91 Å². The molecular weight excluding hydrogens is 430 g/mol. The van der Waals surface area contributed by atoms with Crippen LogP contribution in [-0.4, -0.2) is 76.9 Å². The lowest BCUT2D eigenvalue weighted by atomic mass is 9.97. The fourth-order valence-electron chi connectivity index (χ4n) is 5.08. The van der Waals surface area contributed by atoms with Crippen molar-refractivity contribution in [3.63, 3.8) is 0 Å². The van der Waals surface area contributed by atoms with Crippen molar-refractivity contribution in [1.29, 1.82) is 0 Å². The highest BCUT2D eigenvalue weighted by Crippen LogP contribution is 2.29. The van der Waals surface area contributed by atoms with Crippen molar-refractivity contribution in [2.75, 3.05) is 50.8 Å². The first-order valence-corrected chi connectivity index (χ1v) is 12.0. The summed E-state index contributed by atoms with van der Waals surface area (Å²) >= 11 is 0. The van der Waals surface area contributed by atoms with Crippen LogP contribution < -0.4 is 10.6 Å². The van der Waals surface area contributed by atoms with Gasteiger partial charge in [0.2, 0.25) is 0 Å². The van der Waals surface area contributed by atoms with Crippen molar-refractivity contribution in [3.8, 4) is 11.5 Å². The number of piperidine rings is 1. The van der Waals surface area contributed by atoms with Crippen molar-refractivity contribution >= 4 is 33.5 Å². The second kappa shape index (κ2) is 8.73. The molecule has 2 aliphatic heterocycles. The van der Waals surface area contributed by atoms with Gasteiger partial charge in [-0.2, -0.15) is 5.10 Å². The van der Waals surface area contributed by atoms with Crippen LogP contribution in [0.25, 0.3) is 33.5 Å². The first-order chi connectivity index (χ1) is 16.7. The summed E-state index contributed by atoms with van der Waals surface area (Å²) in [6, 6.07) is 12.0. The van der Waals surface area contributed by atoms with Gasteiger partial charge in [0.1, 0.15) is 5.69 Å². The van der Waals surface area contributed by atoms with E-state index < -0.39 is 0 Å². The van der Waals surface area contributed by atoms with Crippen LogP contribution in [0.15, 0.2) is 36.4 Å². The summed E-state index contributed by atoms with van der Waals surface area (Å²) in [6.07, 6.45) is 2.09. The molecule has 1 amide bonds.